The van der Waals surface area contributed by atoms with Crippen LogP contribution in [0.4, 0.5) is 0 Å². The zero-order valence-electron chi connectivity index (χ0n) is 18.9. The fourth-order valence-corrected chi connectivity index (χ4v) is 3.76. The second-order valence-corrected chi connectivity index (χ2v) is 8.08. The Labute approximate surface area is 201 Å². The van der Waals surface area contributed by atoms with E-state index in [9.17, 15) is 0 Å². The maximum atomic E-state index is 2.15. The molecular formula is C32H26N2+2. The number of aromatic nitrogens is 2. The molecule has 0 unspecified atom stereocenters. The average molecular weight is 439 g/mol. The fourth-order valence-electron chi connectivity index (χ4n) is 3.76. The molecule has 0 aliphatic heterocycles. The van der Waals surface area contributed by atoms with E-state index in [1.165, 1.54) is 22.3 Å². The minimum absolute atomic E-state index is 1.15. The van der Waals surface area contributed by atoms with Gasteiger partial charge >= 0.3 is 0 Å². The average Bonchev–Trinajstić information content (AvgIpc) is 2.93. The van der Waals surface area contributed by atoms with Crippen molar-refractivity contribution in [3.8, 4) is 11.4 Å². The summed E-state index contributed by atoms with van der Waals surface area (Å²) < 4.78 is 4.21. The molecule has 0 radical (unpaired) electrons. The zero-order chi connectivity index (χ0) is 23.0. The predicted octanol–water partition coefficient (Wildman–Crippen LogP) is 6.58. The van der Waals surface area contributed by atoms with Gasteiger partial charge in [0.25, 0.3) is 0 Å². The van der Waals surface area contributed by atoms with E-state index in [1.807, 2.05) is 36.4 Å². The number of pyridine rings is 2. The Kier molecular flexibility index (Phi) is 6.50. The molecule has 5 rings (SSSR count). The largest absolute Gasteiger partial charge is 0.210 e. The summed E-state index contributed by atoms with van der Waals surface area (Å²) in [5.41, 5.74) is 7.04. The normalized spacial score (nSPS) is 11.3. The molecule has 2 heteroatoms. The molecule has 0 spiro atoms. The number of benzene rings is 3. The van der Waals surface area contributed by atoms with Crippen molar-refractivity contribution in [2.75, 3.05) is 0 Å². The Morgan fingerprint density at radius 2 is 0.588 bits per heavy atom. The van der Waals surface area contributed by atoms with Crippen LogP contribution < -0.4 is 9.13 Å². The van der Waals surface area contributed by atoms with Crippen LogP contribution in [0.5, 0.6) is 0 Å². The van der Waals surface area contributed by atoms with Gasteiger partial charge in [0.15, 0.2) is 24.8 Å². The van der Waals surface area contributed by atoms with Crippen LogP contribution in [0.25, 0.3) is 35.7 Å². The van der Waals surface area contributed by atoms with Gasteiger partial charge in [-0.25, -0.2) is 0 Å². The van der Waals surface area contributed by atoms with Crippen LogP contribution >= 0.6 is 0 Å². The molecule has 3 aromatic carbocycles. The number of nitrogens with zero attached hydrogens (tertiary/aromatic N) is 2. The van der Waals surface area contributed by atoms with Gasteiger partial charge in [-0.1, -0.05) is 60.7 Å². The van der Waals surface area contributed by atoms with Crippen LogP contribution in [0.3, 0.4) is 0 Å². The van der Waals surface area contributed by atoms with Crippen molar-refractivity contribution >= 4 is 24.3 Å². The van der Waals surface area contributed by atoms with Gasteiger partial charge in [0, 0.05) is 48.5 Å². The Morgan fingerprint density at radius 3 is 0.882 bits per heavy atom. The second-order valence-electron chi connectivity index (χ2n) is 8.08. The minimum Gasteiger partial charge on any atom is -0.167 e. The van der Waals surface area contributed by atoms with Gasteiger partial charge in [0.1, 0.15) is 0 Å². The molecule has 162 valence electrons. The van der Waals surface area contributed by atoms with Gasteiger partial charge in [-0.2, -0.15) is 9.13 Å². The van der Waals surface area contributed by atoms with E-state index < -0.39 is 0 Å². The molecular weight excluding hydrogens is 412 g/mol. The van der Waals surface area contributed by atoms with Gasteiger partial charge in [-0.3, -0.25) is 0 Å². The van der Waals surface area contributed by atoms with Crippen LogP contribution in [0.1, 0.15) is 22.3 Å². The summed E-state index contributed by atoms with van der Waals surface area (Å²) >= 11 is 0. The van der Waals surface area contributed by atoms with Crippen molar-refractivity contribution < 1.29 is 9.13 Å². The van der Waals surface area contributed by atoms with Crippen LogP contribution in [0.2, 0.25) is 0 Å². The molecule has 0 atom stereocenters. The molecule has 5 aromatic rings. The van der Waals surface area contributed by atoms with Crippen molar-refractivity contribution in [3.05, 3.63) is 156 Å². The highest BCUT2D eigenvalue weighted by Crippen LogP contribution is 2.14. The Bertz CT molecular complexity index is 1270. The van der Waals surface area contributed by atoms with Crippen molar-refractivity contribution in [1.29, 1.82) is 0 Å². The number of hydrogen-bond acceptors (Lipinski definition) is 0. The molecule has 0 fully saturated rings. The lowest BCUT2D eigenvalue weighted by Crippen LogP contribution is -2.28. The highest BCUT2D eigenvalue weighted by Gasteiger charge is 2.03. The van der Waals surface area contributed by atoms with Gasteiger partial charge in [0.2, 0.25) is 11.4 Å². The first-order valence-electron chi connectivity index (χ1n) is 11.4. The Morgan fingerprint density at radius 1 is 0.324 bits per heavy atom. The molecule has 2 heterocycles. The summed E-state index contributed by atoms with van der Waals surface area (Å²) in [7, 11) is 0. The van der Waals surface area contributed by atoms with E-state index in [1.54, 1.807) is 0 Å². The summed E-state index contributed by atoms with van der Waals surface area (Å²) in [6.07, 6.45) is 16.8. The van der Waals surface area contributed by atoms with E-state index in [4.69, 9.17) is 0 Å². The standard InChI is InChI=1S/C32H26N2/c1-3-23-33(24-4-1)31-19-15-29(16-20-31)13-11-27-7-9-28(10-8-27)12-14-30-17-21-32(22-18-30)34-25-5-2-6-26-34/h1-26H/q+2/b13-11+,14-12+. The summed E-state index contributed by atoms with van der Waals surface area (Å²) in [5.74, 6) is 0. The third-order valence-corrected chi connectivity index (χ3v) is 5.69. The Hall–Kier alpha value is -4.56. The van der Waals surface area contributed by atoms with Crippen molar-refractivity contribution in [1.82, 2.24) is 0 Å². The lowest BCUT2D eigenvalue weighted by Gasteiger charge is -1.99. The van der Waals surface area contributed by atoms with Gasteiger partial charge in [0.05, 0.1) is 0 Å². The smallest absolute Gasteiger partial charge is 0.167 e. The van der Waals surface area contributed by atoms with Crippen LogP contribution in [0.15, 0.2) is 134 Å². The topological polar surface area (TPSA) is 7.76 Å². The predicted molar refractivity (Wildman–Crippen MR) is 140 cm³/mol. The fraction of sp³-hybridized carbons (Fsp3) is 0. The van der Waals surface area contributed by atoms with Crippen molar-refractivity contribution in [2.24, 2.45) is 0 Å². The summed E-state index contributed by atoms with van der Waals surface area (Å²) in [5, 5.41) is 0. The quantitative estimate of drug-likeness (QED) is 0.209. The molecule has 2 aromatic heterocycles. The van der Waals surface area contributed by atoms with Gasteiger partial charge in [-0.15, -0.1) is 0 Å². The molecule has 2 nitrogen and oxygen atoms in total. The second kappa shape index (κ2) is 10.4. The maximum Gasteiger partial charge on any atom is 0.210 e. The highest BCUT2D eigenvalue weighted by atomic mass is 14.9. The first kappa shape index (κ1) is 21.3. The lowest BCUT2D eigenvalue weighted by atomic mass is 10.1. The third-order valence-electron chi connectivity index (χ3n) is 5.69. The number of hydrogen-bond donors (Lipinski definition) is 0. The van der Waals surface area contributed by atoms with Crippen molar-refractivity contribution in [2.45, 2.75) is 0 Å². The highest BCUT2D eigenvalue weighted by molar-refractivity contribution is 5.73. The molecule has 0 aliphatic carbocycles. The van der Waals surface area contributed by atoms with E-state index >= 15 is 0 Å². The van der Waals surface area contributed by atoms with Crippen LogP contribution in [-0.2, 0) is 0 Å². The van der Waals surface area contributed by atoms with E-state index in [0.29, 0.717) is 0 Å². The molecule has 0 aliphatic rings. The van der Waals surface area contributed by atoms with Crippen LogP contribution in [-0.4, -0.2) is 0 Å². The van der Waals surface area contributed by atoms with Gasteiger partial charge in [-0.05, 0) is 46.5 Å². The molecule has 0 bridgehead atoms. The van der Waals surface area contributed by atoms with E-state index in [0.717, 1.165) is 11.4 Å². The van der Waals surface area contributed by atoms with Crippen molar-refractivity contribution in [3.63, 3.8) is 0 Å². The SMILES string of the molecule is C(=C\c1ccc(-[n+]2ccccc2)cc1)/c1ccc(/C=C/c2ccc(-[n+]3ccccc3)cc2)cc1. The maximum absolute atomic E-state index is 2.15. The minimum atomic E-state index is 1.15. The van der Waals surface area contributed by atoms with Gasteiger partial charge < -0.3 is 0 Å². The van der Waals surface area contributed by atoms with Crippen LogP contribution in [0, 0.1) is 0 Å². The molecule has 0 N–H and O–H groups in total. The summed E-state index contributed by atoms with van der Waals surface area (Å²) in [6.45, 7) is 0. The Balaban J connectivity index is 1.21. The molecule has 0 saturated carbocycles. The first-order valence-corrected chi connectivity index (χ1v) is 11.4. The first-order chi connectivity index (χ1) is 16.8. The molecule has 34 heavy (non-hydrogen) atoms. The summed E-state index contributed by atoms with van der Waals surface area (Å²) in [6, 6.07) is 37.9. The summed E-state index contributed by atoms with van der Waals surface area (Å²) in [4.78, 5) is 0. The van der Waals surface area contributed by atoms with E-state index in [-0.39, 0.29) is 0 Å². The number of rotatable bonds is 6. The third kappa shape index (κ3) is 5.43. The van der Waals surface area contributed by atoms with E-state index in [2.05, 4.69) is 131 Å². The molecule has 0 saturated heterocycles. The molecule has 0 amide bonds. The monoisotopic (exact) mass is 438 g/mol. The zero-order valence-corrected chi connectivity index (χ0v) is 18.9. The lowest BCUT2D eigenvalue weighted by molar-refractivity contribution is -0.596.